The number of hydrogen-bond acceptors (Lipinski definition) is 6. The molecule has 1 aliphatic carbocycles. The van der Waals surface area contributed by atoms with Crippen molar-refractivity contribution in [2.24, 2.45) is 5.73 Å². The zero-order chi connectivity index (χ0) is 9.46. The molecule has 1 fully saturated rings. The Kier molecular flexibility index (Phi) is 2.67. The Morgan fingerprint density at radius 1 is 0.583 bits per heavy atom. The van der Waals surface area contributed by atoms with E-state index < -0.39 is 36.6 Å². The normalized spacial score (nSPS) is 55.5. The Balaban J connectivity index is 2.76. The molecule has 7 N–H and O–H groups in total. The average Bonchev–Trinajstić information content (AvgIpc) is 2.08. The van der Waals surface area contributed by atoms with E-state index in [0.29, 0.717) is 0 Å². The molecule has 0 spiro atoms. The molecule has 4 atom stereocenters. The second kappa shape index (κ2) is 3.25. The smallest absolute Gasteiger partial charge is 0.111 e. The number of nitrogens with two attached hydrogens (primary N) is 1. The number of rotatable bonds is 0. The number of aliphatic hydroxyl groups is 5. The summed E-state index contributed by atoms with van der Waals surface area (Å²) in [4.78, 5) is 0. The van der Waals surface area contributed by atoms with Gasteiger partial charge < -0.3 is 31.3 Å². The van der Waals surface area contributed by atoms with E-state index in [1.807, 2.05) is 0 Å². The van der Waals surface area contributed by atoms with Gasteiger partial charge in [-0.3, -0.25) is 0 Å². The van der Waals surface area contributed by atoms with E-state index in [9.17, 15) is 0 Å². The van der Waals surface area contributed by atoms with Crippen molar-refractivity contribution < 1.29 is 25.5 Å². The lowest BCUT2D eigenvalue weighted by Crippen LogP contribution is -2.66. The summed E-state index contributed by atoms with van der Waals surface area (Å²) in [6.07, 6.45) is -7.43. The van der Waals surface area contributed by atoms with Gasteiger partial charge in [-0.15, -0.1) is 0 Å². The SMILES string of the molecule is NC1C(O)C(O)C(O)C(O)C1O. The molecule has 1 aliphatic rings. The number of aliphatic hydroxyl groups excluding tert-OH is 5. The Bertz CT molecular complexity index is 107. The standard InChI is InChI=1S/C6H13NO5/c7-1-2(8)4(10)6(12)5(11)3(1)9/h1-6,8-12H,7H2. The van der Waals surface area contributed by atoms with Crippen molar-refractivity contribution in [3.05, 3.63) is 0 Å². The Hall–Kier alpha value is -0.240. The fourth-order valence-corrected chi connectivity index (χ4v) is 1.26. The molecule has 0 aromatic carbocycles. The molecule has 12 heavy (non-hydrogen) atoms. The molecule has 0 aromatic rings. The lowest BCUT2D eigenvalue weighted by atomic mass is 9.84. The molecule has 0 aliphatic heterocycles. The molecule has 0 amide bonds. The van der Waals surface area contributed by atoms with Gasteiger partial charge in [0.1, 0.15) is 30.5 Å². The highest BCUT2D eigenvalue weighted by molar-refractivity contribution is 5.00. The molecule has 4 unspecified atom stereocenters. The van der Waals surface area contributed by atoms with Crippen molar-refractivity contribution in [2.75, 3.05) is 0 Å². The Morgan fingerprint density at radius 3 is 1.17 bits per heavy atom. The minimum absolute atomic E-state index is 1.14. The predicted octanol–water partition coefficient (Wildman–Crippen LogP) is -3.87. The predicted molar refractivity (Wildman–Crippen MR) is 38.0 cm³/mol. The molecule has 6 nitrogen and oxygen atoms in total. The lowest BCUT2D eigenvalue weighted by Gasteiger charge is -2.40. The number of hydrogen-bond donors (Lipinski definition) is 6. The molecule has 0 bridgehead atoms. The van der Waals surface area contributed by atoms with Crippen LogP contribution in [0.5, 0.6) is 0 Å². The summed E-state index contributed by atoms with van der Waals surface area (Å²) in [6.45, 7) is 0. The summed E-state index contributed by atoms with van der Waals surface area (Å²) in [5.74, 6) is 0. The van der Waals surface area contributed by atoms with Crippen LogP contribution < -0.4 is 5.73 Å². The van der Waals surface area contributed by atoms with Crippen LogP contribution in [-0.4, -0.2) is 62.1 Å². The molecule has 0 aromatic heterocycles. The summed E-state index contributed by atoms with van der Waals surface area (Å²) in [6, 6.07) is -1.14. The van der Waals surface area contributed by atoms with E-state index in [-0.39, 0.29) is 0 Å². The van der Waals surface area contributed by atoms with Crippen LogP contribution in [0.4, 0.5) is 0 Å². The maximum Gasteiger partial charge on any atom is 0.111 e. The van der Waals surface area contributed by atoms with Gasteiger partial charge in [0, 0.05) is 0 Å². The van der Waals surface area contributed by atoms with Crippen molar-refractivity contribution in [2.45, 2.75) is 36.6 Å². The van der Waals surface area contributed by atoms with Crippen LogP contribution in [0.3, 0.4) is 0 Å². The monoisotopic (exact) mass is 179 g/mol. The first kappa shape index (κ1) is 9.85. The van der Waals surface area contributed by atoms with E-state index in [2.05, 4.69) is 0 Å². The van der Waals surface area contributed by atoms with Crippen molar-refractivity contribution in [3.8, 4) is 0 Å². The Labute approximate surface area is 68.9 Å². The zero-order valence-electron chi connectivity index (χ0n) is 6.28. The van der Waals surface area contributed by atoms with E-state index in [0.717, 1.165) is 0 Å². The lowest BCUT2D eigenvalue weighted by molar-refractivity contribution is -0.184. The van der Waals surface area contributed by atoms with E-state index in [1.54, 1.807) is 0 Å². The molecule has 72 valence electrons. The van der Waals surface area contributed by atoms with Gasteiger partial charge in [-0.1, -0.05) is 0 Å². The summed E-state index contributed by atoms with van der Waals surface area (Å²) in [5, 5.41) is 45.3. The maximum atomic E-state index is 9.10. The van der Waals surface area contributed by atoms with Gasteiger partial charge in [0.15, 0.2) is 0 Å². The third-order valence-electron chi connectivity index (χ3n) is 2.19. The van der Waals surface area contributed by atoms with Crippen molar-refractivity contribution in [1.82, 2.24) is 0 Å². The van der Waals surface area contributed by atoms with Gasteiger partial charge in [0.05, 0.1) is 6.04 Å². The van der Waals surface area contributed by atoms with Crippen molar-refractivity contribution >= 4 is 0 Å². The van der Waals surface area contributed by atoms with Crippen molar-refractivity contribution in [3.63, 3.8) is 0 Å². The van der Waals surface area contributed by atoms with Gasteiger partial charge in [0.25, 0.3) is 0 Å². The molecular formula is C6H13NO5. The van der Waals surface area contributed by atoms with Crippen LogP contribution in [0.1, 0.15) is 0 Å². The van der Waals surface area contributed by atoms with Gasteiger partial charge in [-0.25, -0.2) is 0 Å². The average molecular weight is 179 g/mol. The van der Waals surface area contributed by atoms with Crippen LogP contribution >= 0.6 is 0 Å². The van der Waals surface area contributed by atoms with Crippen LogP contribution in [0.15, 0.2) is 0 Å². The van der Waals surface area contributed by atoms with Crippen molar-refractivity contribution in [1.29, 1.82) is 0 Å². The largest absolute Gasteiger partial charge is 0.389 e. The van der Waals surface area contributed by atoms with Gasteiger partial charge in [0.2, 0.25) is 0 Å². The van der Waals surface area contributed by atoms with E-state index in [4.69, 9.17) is 31.3 Å². The highest BCUT2D eigenvalue weighted by atomic mass is 16.4. The van der Waals surface area contributed by atoms with E-state index in [1.165, 1.54) is 0 Å². The van der Waals surface area contributed by atoms with E-state index >= 15 is 0 Å². The summed E-state index contributed by atoms with van der Waals surface area (Å²) in [5.41, 5.74) is 5.23. The van der Waals surface area contributed by atoms with Crippen LogP contribution in [-0.2, 0) is 0 Å². The first-order valence-corrected chi connectivity index (χ1v) is 3.62. The fraction of sp³-hybridized carbons (Fsp3) is 1.00. The molecule has 0 heterocycles. The molecule has 0 radical (unpaired) electrons. The highest BCUT2D eigenvalue weighted by Crippen LogP contribution is 2.19. The van der Waals surface area contributed by atoms with Crippen LogP contribution in [0.2, 0.25) is 0 Å². The van der Waals surface area contributed by atoms with Crippen LogP contribution in [0, 0.1) is 0 Å². The Morgan fingerprint density at radius 2 is 0.833 bits per heavy atom. The summed E-state index contributed by atoms with van der Waals surface area (Å²) in [7, 11) is 0. The van der Waals surface area contributed by atoms with Gasteiger partial charge in [-0.2, -0.15) is 0 Å². The minimum Gasteiger partial charge on any atom is -0.389 e. The summed E-state index contributed by atoms with van der Waals surface area (Å²) >= 11 is 0. The second-order valence-corrected chi connectivity index (χ2v) is 3.03. The highest BCUT2D eigenvalue weighted by Gasteiger charge is 2.46. The first-order valence-electron chi connectivity index (χ1n) is 3.62. The second-order valence-electron chi connectivity index (χ2n) is 3.03. The zero-order valence-corrected chi connectivity index (χ0v) is 6.28. The first-order chi connectivity index (χ1) is 5.46. The van der Waals surface area contributed by atoms with Gasteiger partial charge >= 0.3 is 0 Å². The minimum atomic E-state index is -1.56. The molecule has 6 heteroatoms. The quantitative estimate of drug-likeness (QED) is 0.226. The summed E-state index contributed by atoms with van der Waals surface area (Å²) < 4.78 is 0. The molecule has 1 rings (SSSR count). The third kappa shape index (κ3) is 1.33. The molecule has 1 saturated carbocycles. The van der Waals surface area contributed by atoms with Gasteiger partial charge in [-0.05, 0) is 0 Å². The topological polar surface area (TPSA) is 127 Å². The van der Waals surface area contributed by atoms with Crippen LogP contribution in [0.25, 0.3) is 0 Å². The fourth-order valence-electron chi connectivity index (χ4n) is 1.26. The molecular weight excluding hydrogens is 166 g/mol. The third-order valence-corrected chi connectivity index (χ3v) is 2.19. The molecule has 0 saturated heterocycles. The maximum absolute atomic E-state index is 9.10.